The summed E-state index contributed by atoms with van der Waals surface area (Å²) in [4.78, 5) is 11.9. The molecule has 0 radical (unpaired) electrons. The van der Waals surface area contributed by atoms with Crippen molar-refractivity contribution in [2.75, 3.05) is 6.61 Å². The minimum absolute atomic E-state index is 0.0440. The molecule has 3 heteroatoms. The van der Waals surface area contributed by atoms with Crippen LogP contribution < -0.4 is 0 Å². The molecule has 1 aromatic carbocycles. The lowest BCUT2D eigenvalue weighted by atomic mass is 10.1. The highest BCUT2D eigenvalue weighted by Crippen LogP contribution is 2.21. The van der Waals surface area contributed by atoms with E-state index in [9.17, 15) is 4.79 Å². The second kappa shape index (κ2) is 4.58. The molecule has 0 aliphatic rings. The molecule has 18 heavy (non-hydrogen) atoms. The molecular weight excluding hydrogens is 228 g/mol. The van der Waals surface area contributed by atoms with Gasteiger partial charge < -0.3 is 9.15 Å². The molecule has 0 spiro atoms. The third-order valence-corrected chi connectivity index (χ3v) is 2.58. The molecule has 0 bridgehead atoms. The predicted molar refractivity (Wildman–Crippen MR) is 71.0 cm³/mol. The summed E-state index contributed by atoms with van der Waals surface area (Å²) in [6.45, 7) is 7.81. The topological polar surface area (TPSA) is 39.4 Å². The molecule has 3 nitrogen and oxygen atoms in total. The van der Waals surface area contributed by atoms with Gasteiger partial charge >= 0.3 is 0 Å². The van der Waals surface area contributed by atoms with Crippen molar-refractivity contribution in [3.05, 3.63) is 35.6 Å². The fourth-order valence-electron chi connectivity index (χ4n) is 1.65. The van der Waals surface area contributed by atoms with E-state index in [-0.39, 0.29) is 18.0 Å². The molecule has 96 valence electrons. The second-order valence-corrected chi connectivity index (χ2v) is 5.48. The first-order valence-electron chi connectivity index (χ1n) is 6.02. The van der Waals surface area contributed by atoms with Gasteiger partial charge in [-0.25, -0.2) is 0 Å². The SMILES string of the molecule is Cc1ccc2oc(C(=O)COC(C)(C)C)cc2c1. The quantitative estimate of drug-likeness (QED) is 0.774. The first kappa shape index (κ1) is 12.8. The van der Waals surface area contributed by atoms with Crippen LogP contribution in [0.2, 0.25) is 0 Å². The number of ketones is 1. The van der Waals surface area contributed by atoms with Crippen molar-refractivity contribution in [2.24, 2.45) is 0 Å². The highest BCUT2D eigenvalue weighted by Gasteiger charge is 2.17. The van der Waals surface area contributed by atoms with E-state index in [1.807, 2.05) is 45.9 Å². The lowest BCUT2D eigenvalue weighted by molar-refractivity contribution is 0.00213. The van der Waals surface area contributed by atoms with E-state index in [0.717, 1.165) is 16.5 Å². The van der Waals surface area contributed by atoms with Gasteiger partial charge in [0.1, 0.15) is 12.2 Å². The number of hydrogen-bond acceptors (Lipinski definition) is 3. The Morgan fingerprint density at radius 1 is 1.28 bits per heavy atom. The molecule has 1 aromatic heterocycles. The Bertz CT molecular complexity index is 573. The number of fused-ring (bicyclic) bond motifs is 1. The van der Waals surface area contributed by atoms with E-state index in [4.69, 9.17) is 9.15 Å². The zero-order valence-corrected chi connectivity index (χ0v) is 11.2. The van der Waals surface area contributed by atoms with Gasteiger partial charge in [0.05, 0.1) is 5.60 Å². The molecule has 2 rings (SSSR count). The number of furan rings is 1. The Balaban J connectivity index is 2.18. The number of aryl methyl sites for hydroxylation is 1. The van der Waals surface area contributed by atoms with Crippen molar-refractivity contribution in [3.8, 4) is 0 Å². The average Bonchev–Trinajstić information content (AvgIpc) is 2.67. The standard InChI is InChI=1S/C15H18O3/c1-10-5-6-13-11(7-10)8-14(18-13)12(16)9-17-15(2,3)4/h5-8H,9H2,1-4H3. The normalized spacial score (nSPS) is 12.0. The Morgan fingerprint density at radius 2 is 2.00 bits per heavy atom. The smallest absolute Gasteiger partial charge is 0.223 e. The summed E-state index contributed by atoms with van der Waals surface area (Å²) in [5, 5.41) is 0.953. The van der Waals surface area contributed by atoms with E-state index in [0.29, 0.717) is 5.76 Å². The molecule has 1 heterocycles. The number of carbonyl (C=O) groups is 1. The summed E-state index contributed by atoms with van der Waals surface area (Å²) >= 11 is 0. The average molecular weight is 246 g/mol. The van der Waals surface area contributed by atoms with Gasteiger partial charge in [0, 0.05) is 5.39 Å². The van der Waals surface area contributed by atoms with Crippen molar-refractivity contribution in [2.45, 2.75) is 33.3 Å². The fourth-order valence-corrected chi connectivity index (χ4v) is 1.65. The van der Waals surface area contributed by atoms with Gasteiger partial charge in [-0.3, -0.25) is 4.79 Å². The number of benzene rings is 1. The first-order valence-corrected chi connectivity index (χ1v) is 6.02. The molecule has 0 aliphatic carbocycles. The van der Waals surface area contributed by atoms with Crippen molar-refractivity contribution < 1.29 is 13.9 Å². The second-order valence-electron chi connectivity index (χ2n) is 5.48. The zero-order valence-electron chi connectivity index (χ0n) is 11.2. The molecule has 0 saturated heterocycles. The van der Waals surface area contributed by atoms with E-state index in [2.05, 4.69) is 0 Å². The first-order chi connectivity index (χ1) is 8.35. The molecule has 0 saturated carbocycles. The Hall–Kier alpha value is -1.61. The summed E-state index contributed by atoms with van der Waals surface area (Å²) in [7, 11) is 0. The van der Waals surface area contributed by atoms with Gasteiger partial charge in [0.15, 0.2) is 5.76 Å². The summed E-state index contributed by atoms with van der Waals surface area (Å²) in [5.74, 6) is 0.235. The number of ether oxygens (including phenoxy) is 1. The highest BCUT2D eigenvalue weighted by atomic mass is 16.5. The third kappa shape index (κ3) is 2.99. The van der Waals surface area contributed by atoms with Gasteiger partial charge in [-0.15, -0.1) is 0 Å². The number of hydrogen-bond donors (Lipinski definition) is 0. The van der Waals surface area contributed by atoms with Crippen LogP contribution in [-0.2, 0) is 4.74 Å². The minimum Gasteiger partial charge on any atom is -0.453 e. The van der Waals surface area contributed by atoms with Crippen LogP contribution in [0.5, 0.6) is 0 Å². The van der Waals surface area contributed by atoms with E-state index < -0.39 is 0 Å². The largest absolute Gasteiger partial charge is 0.453 e. The monoisotopic (exact) mass is 246 g/mol. The Labute approximate surface area is 107 Å². The number of Topliss-reactive ketones (excluding diaryl/α,β-unsaturated/α-hetero) is 1. The van der Waals surface area contributed by atoms with E-state index in [1.165, 1.54) is 0 Å². The van der Waals surface area contributed by atoms with Gasteiger partial charge in [0.2, 0.25) is 5.78 Å². The zero-order chi connectivity index (χ0) is 13.3. The molecule has 0 N–H and O–H groups in total. The highest BCUT2D eigenvalue weighted by molar-refractivity contribution is 5.98. The molecule has 0 atom stereocenters. The van der Waals surface area contributed by atoms with E-state index in [1.54, 1.807) is 6.07 Å². The van der Waals surface area contributed by atoms with Gasteiger partial charge in [-0.1, -0.05) is 11.6 Å². The fraction of sp³-hybridized carbons (Fsp3) is 0.400. The lowest BCUT2D eigenvalue weighted by Gasteiger charge is -2.18. The van der Waals surface area contributed by atoms with Crippen molar-refractivity contribution in [1.82, 2.24) is 0 Å². The van der Waals surface area contributed by atoms with Crippen LogP contribution in [0.25, 0.3) is 11.0 Å². The van der Waals surface area contributed by atoms with Gasteiger partial charge in [-0.05, 0) is 45.9 Å². The molecule has 0 fully saturated rings. The lowest BCUT2D eigenvalue weighted by Crippen LogP contribution is -2.23. The Kier molecular flexibility index (Phi) is 3.26. The molecule has 0 unspecified atom stereocenters. The molecule has 2 aromatic rings. The van der Waals surface area contributed by atoms with Crippen molar-refractivity contribution >= 4 is 16.8 Å². The molecule has 0 amide bonds. The maximum atomic E-state index is 11.9. The maximum absolute atomic E-state index is 11.9. The minimum atomic E-state index is -0.321. The number of carbonyl (C=O) groups excluding carboxylic acids is 1. The summed E-state index contributed by atoms with van der Waals surface area (Å²) in [6, 6.07) is 7.62. The van der Waals surface area contributed by atoms with Crippen molar-refractivity contribution in [1.29, 1.82) is 0 Å². The third-order valence-electron chi connectivity index (χ3n) is 2.58. The van der Waals surface area contributed by atoms with Crippen LogP contribution in [0.3, 0.4) is 0 Å². The van der Waals surface area contributed by atoms with Crippen LogP contribution in [0, 0.1) is 6.92 Å². The van der Waals surface area contributed by atoms with Crippen LogP contribution in [0.4, 0.5) is 0 Å². The molecular formula is C15H18O3. The van der Waals surface area contributed by atoms with Crippen molar-refractivity contribution in [3.63, 3.8) is 0 Å². The molecule has 0 aliphatic heterocycles. The maximum Gasteiger partial charge on any atom is 0.223 e. The summed E-state index contributed by atoms with van der Waals surface area (Å²) in [5.41, 5.74) is 1.56. The summed E-state index contributed by atoms with van der Waals surface area (Å²) in [6.07, 6.45) is 0. The number of rotatable bonds is 3. The van der Waals surface area contributed by atoms with E-state index >= 15 is 0 Å². The van der Waals surface area contributed by atoms with Crippen LogP contribution in [-0.4, -0.2) is 18.0 Å². The van der Waals surface area contributed by atoms with Gasteiger partial charge in [-0.2, -0.15) is 0 Å². The van der Waals surface area contributed by atoms with Gasteiger partial charge in [0.25, 0.3) is 0 Å². The predicted octanol–water partition coefficient (Wildman–Crippen LogP) is 3.74. The summed E-state index contributed by atoms with van der Waals surface area (Å²) < 4.78 is 11.0. The van der Waals surface area contributed by atoms with Crippen LogP contribution >= 0.6 is 0 Å². The van der Waals surface area contributed by atoms with Crippen LogP contribution in [0.1, 0.15) is 36.9 Å². The van der Waals surface area contributed by atoms with Crippen LogP contribution in [0.15, 0.2) is 28.7 Å². The Morgan fingerprint density at radius 3 is 2.67 bits per heavy atom.